The second-order valence-corrected chi connectivity index (χ2v) is 4.91. The number of guanidine groups is 1. The standard InChI is InChI=1S/C16H16N6O4/c1-12(23)26-21(16(17)18)19-10-4-6-13-7-5-11-20(13)14-8-2-3-9-15(14)22(24)25/h2-11H,1H3,(H3,17,18)/b6-4+,19-10+. The van der Waals surface area contributed by atoms with Crippen molar-refractivity contribution in [2.45, 2.75) is 6.92 Å². The number of hydroxylamine groups is 1. The molecule has 0 aliphatic heterocycles. The lowest BCUT2D eigenvalue weighted by atomic mass is 10.2. The van der Waals surface area contributed by atoms with Crippen molar-refractivity contribution < 1.29 is 14.6 Å². The van der Waals surface area contributed by atoms with E-state index in [0.29, 0.717) is 16.6 Å². The van der Waals surface area contributed by atoms with Crippen LogP contribution in [0.15, 0.2) is 53.8 Å². The van der Waals surface area contributed by atoms with E-state index in [-0.39, 0.29) is 5.69 Å². The summed E-state index contributed by atoms with van der Waals surface area (Å²) in [6.07, 6.45) is 6.12. The van der Waals surface area contributed by atoms with Gasteiger partial charge in [0.05, 0.1) is 11.1 Å². The summed E-state index contributed by atoms with van der Waals surface area (Å²) in [4.78, 5) is 26.3. The van der Waals surface area contributed by atoms with Gasteiger partial charge in [-0.05, 0) is 30.4 Å². The number of hydrazone groups is 1. The molecule has 10 heteroatoms. The highest BCUT2D eigenvalue weighted by Crippen LogP contribution is 2.24. The molecule has 2 rings (SSSR count). The van der Waals surface area contributed by atoms with Gasteiger partial charge < -0.3 is 15.1 Å². The van der Waals surface area contributed by atoms with E-state index in [2.05, 4.69) is 9.94 Å². The Labute approximate surface area is 148 Å². The van der Waals surface area contributed by atoms with Crippen LogP contribution < -0.4 is 5.73 Å². The Bertz CT molecular complexity index is 886. The maximum Gasteiger partial charge on any atom is 0.332 e. The number of hydrogen-bond donors (Lipinski definition) is 2. The van der Waals surface area contributed by atoms with Crippen LogP contribution in [0.1, 0.15) is 12.6 Å². The lowest BCUT2D eigenvalue weighted by Gasteiger charge is -2.12. The van der Waals surface area contributed by atoms with Gasteiger partial charge in [0, 0.05) is 24.9 Å². The molecule has 1 heterocycles. The molecular formula is C16H16N6O4. The van der Waals surface area contributed by atoms with E-state index in [4.69, 9.17) is 11.1 Å². The molecule has 0 unspecified atom stereocenters. The highest BCUT2D eigenvalue weighted by Gasteiger charge is 2.14. The van der Waals surface area contributed by atoms with E-state index in [1.54, 1.807) is 47.2 Å². The number of nitro benzene ring substituents is 1. The maximum atomic E-state index is 11.2. The molecule has 0 saturated heterocycles. The van der Waals surface area contributed by atoms with Crippen LogP contribution in [-0.2, 0) is 9.63 Å². The van der Waals surface area contributed by atoms with Crippen molar-refractivity contribution in [1.82, 2.24) is 9.74 Å². The quantitative estimate of drug-likeness (QED) is 0.364. The minimum absolute atomic E-state index is 0.0235. The highest BCUT2D eigenvalue weighted by molar-refractivity contribution is 5.81. The molecule has 1 aromatic heterocycles. The van der Waals surface area contributed by atoms with Crippen LogP contribution in [0.3, 0.4) is 0 Å². The van der Waals surface area contributed by atoms with Crippen LogP contribution in [0, 0.1) is 15.5 Å². The van der Waals surface area contributed by atoms with Gasteiger partial charge in [-0.2, -0.15) is 0 Å². The smallest absolute Gasteiger partial charge is 0.332 e. The third-order valence-electron chi connectivity index (χ3n) is 3.06. The van der Waals surface area contributed by atoms with Crippen LogP contribution in [0.5, 0.6) is 0 Å². The summed E-state index contributed by atoms with van der Waals surface area (Å²) in [7, 11) is 0. The first-order valence-corrected chi connectivity index (χ1v) is 7.34. The van der Waals surface area contributed by atoms with Crippen molar-refractivity contribution in [2.75, 3.05) is 0 Å². The van der Waals surface area contributed by atoms with Crippen molar-refractivity contribution in [1.29, 1.82) is 5.41 Å². The summed E-state index contributed by atoms with van der Waals surface area (Å²) in [5, 5.41) is 22.7. The van der Waals surface area contributed by atoms with Crippen LogP contribution >= 0.6 is 0 Å². The van der Waals surface area contributed by atoms with Crippen molar-refractivity contribution in [3.05, 3.63) is 64.5 Å². The summed E-state index contributed by atoms with van der Waals surface area (Å²) in [5.41, 5.74) is 6.29. The fourth-order valence-electron chi connectivity index (χ4n) is 2.07. The number of benzene rings is 1. The summed E-state index contributed by atoms with van der Waals surface area (Å²) in [6, 6.07) is 9.87. The molecule has 3 N–H and O–H groups in total. The topological polar surface area (TPSA) is 140 Å². The van der Waals surface area contributed by atoms with Gasteiger partial charge in [0.2, 0.25) is 5.96 Å². The fourth-order valence-corrected chi connectivity index (χ4v) is 2.07. The lowest BCUT2D eigenvalue weighted by molar-refractivity contribution is -0.384. The van der Waals surface area contributed by atoms with Crippen LogP contribution in [-0.4, -0.2) is 32.8 Å². The number of aromatic nitrogens is 1. The molecule has 0 saturated carbocycles. The van der Waals surface area contributed by atoms with Crippen LogP contribution in [0.4, 0.5) is 5.69 Å². The van der Waals surface area contributed by atoms with Gasteiger partial charge >= 0.3 is 5.97 Å². The van der Waals surface area contributed by atoms with Crippen molar-refractivity contribution in [3.8, 4) is 5.69 Å². The highest BCUT2D eigenvalue weighted by atomic mass is 16.7. The van der Waals surface area contributed by atoms with Crippen LogP contribution in [0.25, 0.3) is 11.8 Å². The van der Waals surface area contributed by atoms with Gasteiger partial charge in [0.1, 0.15) is 5.69 Å². The maximum absolute atomic E-state index is 11.2. The summed E-state index contributed by atoms with van der Waals surface area (Å²) >= 11 is 0. The van der Waals surface area contributed by atoms with Crippen molar-refractivity contribution in [3.63, 3.8) is 0 Å². The molecule has 0 atom stereocenters. The Morgan fingerprint density at radius 3 is 2.77 bits per heavy atom. The molecule has 0 aliphatic rings. The lowest BCUT2D eigenvalue weighted by Crippen LogP contribution is -2.33. The first kappa shape index (κ1) is 18.4. The van der Waals surface area contributed by atoms with Gasteiger partial charge in [0.15, 0.2) is 0 Å². The Kier molecular flexibility index (Phi) is 5.83. The molecule has 0 fully saturated rings. The predicted molar refractivity (Wildman–Crippen MR) is 95.5 cm³/mol. The Morgan fingerprint density at radius 2 is 2.12 bits per heavy atom. The Morgan fingerprint density at radius 1 is 1.38 bits per heavy atom. The number of hydrogen-bond acceptors (Lipinski definition) is 6. The zero-order valence-electron chi connectivity index (χ0n) is 13.8. The van der Waals surface area contributed by atoms with Gasteiger partial charge in [-0.3, -0.25) is 15.5 Å². The number of para-hydroxylation sites is 2. The largest absolute Gasteiger partial charge is 0.366 e. The minimum Gasteiger partial charge on any atom is -0.366 e. The molecule has 0 aliphatic carbocycles. The molecule has 134 valence electrons. The number of rotatable bonds is 5. The van der Waals surface area contributed by atoms with Gasteiger partial charge in [0.25, 0.3) is 5.69 Å². The zero-order valence-corrected chi connectivity index (χ0v) is 13.8. The number of carbonyl (C=O) groups is 1. The SMILES string of the molecule is CC(=O)ON(/N=C/C=C/c1cccn1-c1ccccc1[N+](=O)[O-])C(=N)N. The number of allylic oxidation sites excluding steroid dienone is 1. The molecule has 0 spiro atoms. The third kappa shape index (κ3) is 4.54. The Hall–Kier alpha value is -3.95. The third-order valence-corrected chi connectivity index (χ3v) is 3.06. The average Bonchev–Trinajstić information content (AvgIpc) is 3.05. The predicted octanol–water partition coefficient (Wildman–Crippen LogP) is 2.06. The first-order chi connectivity index (χ1) is 12.4. The molecule has 26 heavy (non-hydrogen) atoms. The van der Waals surface area contributed by atoms with Gasteiger partial charge in [-0.15, -0.1) is 5.10 Å². The van der Waals surface area contributed by atoms with E-state index < -0.39 is 16.9 Å². The van der Waals surface area contributed by atoms with Gasteiger partial charge in [-0.1, -0.05) is 17.3 Å². The fraction of sp³-hybridized carbons (Fsp3) is 0.0625. The molecule has 1 aromatic carbocycles. The molecule has 0 radical (unpaired) electrons. The number of nitrogens with zero attached hydrogens (tertiary/aromatic N) is 4. The monoisotopic (exact) mass is 356 g/mol. The van der Waals surface area contributed by atoms with Crippen LogP contribution in [0.2, 0.25) is 0 Å². The Balaban J connectivity index is 2.23. The van der Waals surface area contributed by atoms with E-state index >= 15 is 0 Å². The van der Waals surface area contributed by atoms with Crippen molar-refractivity contribution >= 4 is 29.9 Å². The molecule has 0 bridgehead atoms. The average molecular weight is 356 g/mol. The van der Waals surface area contributed by atoms with E-state index in [1.807, 2.05) is 0 Å². The number of carbonyl (C=O) groups excluding carboxylic acids is 1. The summed E-state index contributed by atoms with van der Waals surface area (Å²) < 4.78 is 1.65. The van der Waals surface area contributed by atoms with E-state index in [0.717, 1.165) is 6.92 Å². The summed E-state index contributed by atoms with van der Waals surface area (Å²) in [6.45, 7) is 1.15. The molecule has 0 amide bonds. The molecule has 10 nitrogen and oxygen atoms in total. The minimum atomic E-state index is -0.674. The van der Waals surface area contributed by atoms with Crippen molar-refractivity contribution in [2.24, 2.45) is 10.8 Å². The summed E-state index contributed by atoms with van der Waals surface area (Å²) in [5.74, 6) is -1.24. The second-order valence-electron chi connectivity index (χ2n) is 4.91. The number of nitro groups is 1. The normalized spacial score (nSPS) is 11.0. The number of nitrogens with two attached hydrogens (primary N) is 1. The van der Waals surface area contributed by atoms with E-state index in [1.165, 1.54) is 18.4 Å². The second kappa shape index (κ2) is 8.24. The van der Waals surface area contributed by atoms with E-state index in [9.17, 15) is 14.9 Å². The molecule has 2 aromatic rings. The number of nitrogens with one attached hydrogen (secondary N) is 1. The van der Waals surface area contributed by atoms with Gasteiger partial charge in [-0.25, -0.2) is 4.79 Å². The first-order valence-electron chi connectivity index (χ1n) is 7.34. The molecular weight excluding hydrogens is 340 g/mol. The zero-order chi connectivity index (χ0) is 19.1.